The van der Waals surface area contributed by atoms with E-state index in [1.54, 1.807) is 0 Å². The number of hydrogen-bond donors (Lipinski definition) is 2. The quantitative estimate of drug-likeness (QED) is 0.717. The molecule has 1 saturated carbocycles. The lowest BCUT2D eigenvalue weighted by atomic mass is 9.86. The first-order valence-electron chi connectivity index (χ1n) is 11.9. The number of piperidine rings is 2. The lowest BCUT2D eigenvalue weighted by Crippen LogP contribution is -2.51. The molecule has 0 unspecified atom stereocenters. The summed E-state index contributed by atoms with van der Waals surface area (Å²) >= 11 is 0. The maximum Gasteiger partial charge on any atom is 0.224 e. The molecule has 2 saturated heterocycles. The summed E-state index contributed by atoms with van der Waals surface area (Å²) in [6, 6.07) is 4.81. The molecule has 2 aliphatic heterocycles. The summed E-state index contributed by atoms with van der Waals surface area (Å²) in [5, 5.41) is 13.0. The zero-order valence-corrected chi connectivity index (χ0v) is 18.3. The van der Waals surface area contributed by atoms with Crippen LogP contribution in [-0.2, 0) is 11.3 Å². The zero-order valence-electron chi connectivity index (χ0n) is 18.3. The molecular weight excluding hydrogens is 376 g/mol. The molecule has 1 aliphatic carbocycles. The molecule has 0 radical (unpaired) electrons. The van der Waals surface area contributed by atoms with Gasteiger partial charge in [0.15, 0.2) is 0 Å². The van der Waals surface area contributed by atoms with Crippen LogP contribution in [0, 0.1) is 11.3 Å². The number of aliphatic hydroxyl groups excluding tert-OH is 1. The van der Waals surface area contributed by atoms with Gasteiger partial charge in [-0.15, -0.1) is 0 Å². The van der Waals surface area contributed by atoms with Crippen LogP contribution in [-0.4, -0.2) is 71.2 Å². The first-order chi connectivity index (χ1) is 14.7. The Balaban J connectivity index is 1.22. The molecule has 3 aliphatic rings. The Hall–Kier alpha value is -1.50. The van der Waals surface area contributed by atoms with E-state index < -0.39 is 0 Å². The smallest absolute Gasteiger partial charge is 0.224 e. The monoisotopic (exact) mass is 414 g/mol. The van der Waals surface area contributed by atoms with Crippen molar-refractivity contribution in [1.82, 2.24) is 20.1 Å². The van der Waals surface area contributed by atoms with E-state index in [4.69, 9.17) is 0 Å². The Morgan fingerprint density at radius 3 is 2.53 bits per heavy atom. The second-order valence-corrected chi connectivity index (χ2v) is 9.78. The average molecular weight is 415 g/mol. The summed E-state index contributed by atoms with van der Waals surface area (Å²) in [4.78, 5) is 22.1. The SMILES string of the molecule is O=C(NCC1(CO)CCCC1)[C@@H]1CCCN(C2CCN(Cc3ccncc3)CC2)C1. The van der Waals surface area contributed by atoms with Crippen LogP contribution in [0.2, 0.25) is 0 Å². The van der Waals surface area contributed by atoms with Crippen LogP contribution in [0.15, 0.2) is 24.5 Å². The highest BCUT2D eigenvalue weighted by molar-refractivity contribution is 5.79. The normalized spacial score (nSPS) is 26.0. The number of aromatic nitrogens is 1. The molecule has 0 bridgehead atoms. The number of nitrogens with zero attached hydrogens (tertiary/aromatic N) is 3. The summed E-state index contributed by atoms with van der Waals surface area (Å²) in [6.07, 6.45) is 12.7. The first kappa shape index (κ1) is 21.7. The average Bonchev–Trinajstić information content (AvgIpc) is 3.28. The van der Waals surface area contributed by atoms with E-state index in [2.05, 4.69) is 32.2 Å². The number of aliphatic hydroxyl groups is 1. The molecule has 2 N–H and O–H groups in total. The Bertz CT molecular complexity index is 669. The highest BCUT2D eigenvalue weighted by atomic mass is 16.3. The maximum atomic E-state index is 12.9. The molecule has 0 spiro atoms. The fraction of sp³-hybridized carbons (Fsp3) is 0.750. The fourth-order valence-corrected chi connectivity index (χ4v) is 5.68. The number of rotatable bonds is 7. The third-order valence-electron chi connectivity index (χ3n) is 7.69. The number of nitrogens with one attached hydrogen (secondary N) is 1. The van der Waals surface area contributed by atoms with Crippen molar-refractivity contribution in [1.29, 1.82) is 0 Å². The van der Waals surface area contributed by atoms with Gasteiger partial charge in [-0.1, -0.05) is 12.8 Å². The van der Waals surface area contributed by atoms with E-state index in [-0.39, 0.29) is 23.8 Å². The van der Waals surface area contributed by atoms with E-state index in [0.29, 0.717) is 12.6 Å². The minimum atomic E-state index is -0.0638. The third-order valence-corrected chi connectivity index (χ3v) is 7.69. The standard InChI is InChI=1S/C24H38N4O2/c29-19-24(9-1-2-10-24)18-26-23(30)21-4-3-13-28(17-21)22-7-14-27(15-8-22)16-20-5-11-25-12-6-20/h5-6,11-12,21-22,29H,1-4,7-10,13-19H2,(H,26,30)/t21-/m1/s1. The predicted octanol–water partition coefficient (Wildman–Crippen LogP) is 2.43. The molecule has 6 nitrogen and oxygen atoms in total. The molecule has 1 aromatic heterocycles. The number of carbonyl (C=O) groups is 1. The molecule has 3 heterocycles. The van der Waals surface area contributed by atoms with Crippen LogP contribution < -0.4 is 5.32 Å². The number of likely N-dealkylation sites (tertiary alicyclic amines) is 2. The summed E-state index contributed by atoms with van der Waals surface area (Å²) in [5.74, 6) is 0.306. The summed E-state index contributed by atoms with van der Waals surface area (Å²) in [7, 11) is 0. The van der Waals surface area contributed by atoms with Crippen LogP contribution in [0.1, 0.15) is 56.9 Å². The highest BCUT2D eigenvalue weighted by Crippen LogP contribution is 2.37. The Labute approximate surface area is 181 Å². The topological polar surface area (TPSA) is 68.7 Å². The molecule has 30 heavy (non-hydrogen) atoms. The van der Waals surface area contributed by atoms with Gasteiger partial charge in [0.2, 0.25) is 5.91 Å². The van der Waals surface area contributed by atoms with Gasteiger partial charge in [-0.2, -0.15) is 0 Å². The van der Waals surface area contributed by atoms with Crippen molar-refractivity contribution in [3.63, 3.8) is 0 Å². The van der Waals surface area contributed by atoms with Crippen LogP contribution in [0.4, 0.5) is 0 Å². The van der Waals surface area contributed by atoms with Crippen molar-refractivity contribution < 1.29 is 9.90 Å². The van der Waals surface area contributed by atoms with Gasteiger partial charge in [0.1, 0.15) is 0 Å². The number of carbonyl (C=O) groups excluding carboxylic acids is 1. The molecular formula is C24H38N4O2. The third kappa shape index (κ3) is 5.40. The second-order valence-electron chi connectivity index (χ2n) is 9.78. The van der Waals surface area contributed by atoms with Crippen molar-refractivity contribution in [3.8, 4) is 0 Å². The van der Waals surface area contributed by atoms with Gasteiger partial charge in [0.05, 0.1) is 12.5 Å². The Kier molecular flexibility index (Phi) is 7.39. The van der Waals surface area contributed by atoms with E-state index in [0.717, 1.165) is 58.4 Å². The van der Waals surface area contributed by atoms with Gasteiger partial charge < -0.3 is 10.4 Å². The van der Waals surface area contributed by atoms with Crippen molar-refractivity contribution >= 4 is 5.91 Å². The van der Waals surface area contributed by atoms with E-state index >= 15 is 0 Å². The lowest BCUT2D eigenvalue weighted by Gasteiger charge is -2.42. The van der Waals surface area contributed by atoms with Crippen LogP contribution in [0.5, 0.6) is 0 Å². The van der Waals surface area contributed by atoms with Crippen molar-refractivity contribution in [3.05, 3.63) is 30.1 Å². The van der Waals surface area contributed by atoms with Crippen LogP contribution in [0.25, 0.3) is 0 Å². The summed E-state index contributed by atoms with van der Waals surface area (Å²) < 4.78 is 0. The Morgan fingerprint density at radius 1 is 1.10 bits per heavy atom. The molecule has 3 fully saturated rings. The van der Waals surface area contributed by atoms with Crippen molar-refractivity contribution in [2.45, 2.75) is 64.0 Å². The van der Waals surface area contributed by atoms with Crippen LogP contribution >= 0.6 is 0 Å². The molecule has 4 rings (SSSR count). The number of amides is 1. The van der Waals surface area contributed by atoms with Crippen LogP contribution in [0.3, 0.4) is 0 Å². The summed E-state index contributed by atoms with van der Waals surface area (Å²) in [6.45, 7) is 6.12. The first-order valence-corrected chi connectivity index (χ1v) is 11.9. The highest BCUT2D eigenvalue weighted by Gasteiger charge is 2.36. The van der Waals surface area contributed by atoms with E-state index in [1.165, 1.54) is 31.2 Å². The summed E-state index contributed by atoms with van der Waals surface area (Å²) in [5.41, 5.74) is 1.27. The van der Waals surface area contributed by atoms with Gasteiger partial charge in [-0.05, 0) is 75.9 Å². The van der Waals surface area contributed by atoms with Gasteiger partial charge >= 0.3 is 0 Å². The molecule has 1 amide bonds. The van der Waals surface area contributed by atoms with Gasteiger partial charge in [0.25, 0.3) is 0 Å². The molecule has 1 aromatic rings. The fourth-order valence-electron chi connectivity index (χ4n) is 5.68. The largest absolute Gasteiger partial charge is 0.396 e. The number of pyridine rings is 1. The second kappa shape index (κ2) is 10.2. The number of hydrogen-bond acceptors (Lipinski definition) is 5. The predicted molar refractivity (Wildman–Crippen MR) is 118 cm³/mol. The van der Waals surface area contributed by atoms with Crippen molar-refractivity contribution in [2.24, 2.45) is 11.3 Å². The van der Waals surface area contributed by atoms with E-state index in [1.807, 2.05) is 12.4 Å². The maximum absolute atomic E-state index is 12.9. The minimum absolute atomic E-state index is 0.0638. The molecule has 6 heteroatoms. The van der Waals surface area contributed by atoms with Gasteiger partial charge in [0, 0.05) is 43.5 Å². The Morgan fingerprint density at radius 2 is 1.83 bits per heavy atom. The molecule has 1 atom stereocenters. The molecule has 166 valence electrons. The molecule has 0 aromatic carbocycles. The zero-order chi connectivity index (χ0) is 20.8. The van der Waals surface area contributed by atoms with Gasteiger partial charge in [-0.3, -0.25) is 19.6 Å². The van der Waals surface area contributed by atoms with Crippen molar-refractivity contribution in [2.75, 3.05) is 39.3 Å². The van der Waals surface area contributed by atoms with E-state index in [9.17, 15) is 9.90 Å². The minimum Gasteiger partial charge on any atom is -0.396 e. The lowest BCUT2D eigenvalue weighted by molar-refractivity contribution is -0.127. The van der Waals surface area contributed by atoms with Gasteiger partial charge in [-0.25, -0.2) is 0 Å².